The van der Waals surface area contributed by atoms with Gasteiger partial charge in [0.05, 0.1) is 17.4 Å². The first-order chi connectivity index (χ1) is 17.5. The Morgan fingerprint density at radius 2 is 1.76 bits per heavy atom. The van der Waals surface area contributed by atoms with E-state index in [1.807, 2.05) is 18.7 Å². The van der Waals surface area contributed by atoms with Crippen LogP contribution in [0.2, 0.25) is 0 Å². The van der Waals surface area contributed by atoms with Crippen molar-refractivity contribution in [3.8, 4) is 0 Å². The maximum Gasteiger partial charge on any atom is 0.249 e. The molecule has 3 fully saturated rings. The molecule has 6 atom stereocenters. The highest BCUT2D eigenvalue weighted by Gasteiger charge is 2.80. The highest BCUT2D eigenvalue weighted by molar-refractivity contribution is 5.99. The summed E-state index contributed by atoms with van der Waals surface area (Å²) in [6.45, 7) is 23.0. The number of aliphatic hydroxyl groups is 1. The lowest BCUT2D eigenvalue weighted by Crippen LogP contribution is -2.61. The average Bonchev–Trinajstić information content (AvgIpc) is 3.30. The van der Waals surface area contributed by atoms with Crippen molar-refractivity contribution in [3.63, 3.8) is 0 Å². The fourth-order valence-electron chi connectivity index (χ4n) is 7.70. The van der Waals surface area contributed by atoms with Crippen molar-refractivity contribution in [1.29, 1.82) is 0 Å². The molecule has 0 saturated carbocycles. The molecule has 3 amide bonds. The van der Waals surface area contributed by atoms with Gasteiger partial charge in [0.1, 0.15) is 11.6 Å². The fourth-order valence-corrected chi connectivity index (χ4v) is 7.70. The van der Waals surface area contributed by atoms with Crippen LogP contribution in [-0.2, 0) is 19.1 Å². The molecule has 214 valence electrons. The average molecular weight is 532 g/mol. The minimum Gasteiger partial charge on any atom is -0.396 e. The molecule has 3 aliphatic heterocycles. The molecule has 3 saturated heterocycles. The normalized spacial score (nSPS) is 32.3. The minimum atomic E-state index is -1.11. The first-order valence-corrected chi connectivity index (χ1v) is 13.9. The number of rotatable bonds is 11. The number of likely N-dealkylation sites (N-methyl/N-ethyl adjacent to an activating group) is 1. The zero-order chi connectivity index (χ0) is 28.8. The maximum absolute atomic E-state index is 14.7. The van der Waals surface area contributed by atoms with Crippen molar-refractivity contribution in [2.45, 2.75) is 90.5 Å². The second-order valence-electron chi connectivity index (χ2n) is 13.6. The van der Waals surface area contributed by atoms with Crippen LogP contribution in [0.1, 0.15) is 67.7 Å². The van der Waals surface area contributed by atoms with Gasteiger partial charge < -0.3 is 24.5 Å². The summed E-state index contributed by atoms with van der Waals surface area (Å²) in [5.74, 6) is -2.06. The monoisotopic (exact) mass is 531 g/mol. The van der Waals surface area contributed by atoms with E-state index in [9.17, 15) is 19.5 Å². The summed E-state index contributed by atoms with van der Waals surface area (Å²) >= 11 is 0. The van der Waals surface area contributed by atoms with Gasteiger partial charge in [0, 0.05) is 38.8 Å². The van der Waals surface area contributed by atoms with Gasteiger partial charge in [0.25, 0.3) is 0 Å². The minimum absolute atomic E-state index is 0.0267. The number of amides is 3. The van der Waals surface area contributed by atoms with Crippen LogP contribution in [0.5, 0.6) is 0 Å². The molecule has 8 nitrogen and oxygen atoms in total. The number of likely N-dealkylation sites (tertiary alicyclic amines) is 1. The third-order valence-electron chi connectivity index (χ3n) is 8.92. The number of hydrogen-bond acceptors (Lipinski definition) is 5. The Kier molecular flexibility index (Phi) is 8.32. The summed E-state index contributed by atoms with van der Waals surface area (Å²) in [4.78, 5) is 47.6. The summed E-state index contributed by atoms with van der Waals surface area (Å²) in [5.41, 5.74) is -2.53. The van der Waals surface area contributed by atoms with Crippen molar-refractivity contribution in [1.82, 2.24) is 14.7 Å². The number of aliphatic hydroxyl groups excluding tert-OH is 1. The van der Waals surface area contributed by atoms with E-state index >= 15 is 0 Å². The van der Waals surface area contributed by atoms with Gasteiger partial charge in [0.2, 0.25) is 17.7 Å². The number of hydrogen-bond donors (Lipinski definition) is 1. The van der Waals surface area contributed by atoms with Crippen LogP contribution in [0.4, 0.5) is 0 Å². The molecular formula is C30H49N3O5. The molecule has 3 heterocycles. The van der Waals surface area contributed by atoms with E-state index in [0.717, 1.165) is 6.42 Å². The van der Waals surface area contributed by atoms with Crippen LogP contribution in [-0.4, -0.2) is 93.6 Å². The van der Waals surface area contributed by atoms with Crippen molar-refractivity contribution < 1.29 is 24.2 Å². The van der Waals surface area contributed by atoms with Crippen LogP contribution in [0.3, 0.4) is 0 Å². The van der Waals surface area contributed by atoms with Gasteiger partial charge in [0.15, 0.2) is 0 Å². The van der Waals surface area contributed by atoms with Crippen molar-refractivity contribution in [2.24, 2.45) is 23.2 Å². The Morgan fingerprint density at radius 1 is 1.16 bits per heavy atom. The largest absolute Gasteiger partial charge is 0.396 e. The van der Waals surface area contributed by atoms with Gasteiger partial charge in [-0.05, 0) is 51.4 Å². The zero-order valence-electron chi connectivity index (χ0n) is 24.7. The summed E-state index contributed by atoms with van der Waals surface area (Å²) in [6.07, 6.45) is 4.99. The number of carbonyl (C=O) groups excluding carboxylic acids is 3. The Balaban J connectivity index is 2.15. The number of fused-ring (bicyclic) bond motifs is 1. The predicted molar refractivity (Wildman–Crippen MR) is 148 cm³/mol. The van der Waals surface area contributed by atoms with Crippen LogP contribution in [0.15, 0.2) is 25.3 Å². The number of nitrogens with zero attached hydrogens (tertiary/aromatic N) is 3. The fraction of sp³-hybridized carbons (Fsp3) is 0.767. The van der Waals surface area contributed by atoms with Crippen LogP contribution in [0, 0.1) is 23.2 Å². The molecule has 0 aliphatic carbocycles. The van der Waals surface area contributed by atoms with Crippen LogP contribution >= 0.6 is 0 Å². The van der Waals surface area contributed by atoms with Crippen molar-refractivity contribution in [3.05, 3.63) is 25.3 Å². The first kappa shape index (κ1) is 30.4. The molecule has 0 aromatic rings. The standard InChI is InChI=1S/C30H49N3O5/c1-11-14-31(10)24(35)21-22-25(36)32(16-13-17-34)23(30(22)18-20(3)29(21,9)38-30)26(37)33(15-12-2)28(7,8)19-27(4,5)6/h11-12,20-23,34H,1-2,13-19H2,3-10H3/t20?,21-,22+,23?,29+,30?/m1/s1. The first-order valence-electron chi connectivity index (χ1n) is 13.9. The molecule has 38 heavy (non-hydrogen) atoms. The van der Waals surface area contributed by atoms with E-state index in [2.05, 4.69) is 47.8 Å². The quantitative estimate of drug-likeness (QED) is 0.414. The summed E-state index contributed by atoms with van der Waals surface area (Å²) in [7, 11) is 1.71. The number of ether oxygens (including phenoxy) is 1. The molecule has 1 spiro atoms. The third-order valence-corrected chi connectivity index (χ3v) is 8.92. The Morgan fingerprint density at radius 3 is 2.29 bits per heavy atom. The van der Waals surface area contributed by atoms with Crippen molar-refractivity contribution in [2.75, 3.05) is 33.3 Å². The zero-order valence-corrected chi connectivity index (χ0v) is 24.7. The van der Waals surface area contributed by atoms with E-state index in [0.29, 0.717) is 25.9 Å². The Labute approximate surface area is 229 Å². The molecular weight excluding hydrogens is 482 g/mol. The second-order valence-corrected chi connectivity index (χ2v) is 13.6. The van der Waals surface area contributed by atoms with E-state index < -0.39 is 34.6 Å². The molecule has 2 bridgehead atoms. The Bertz CT molecular complexity index is 971. The lowest BCUT2D eigenvalue weighted by atomic mass is 9.62. The van der Waals surface area contributed by atoms with Gasteiger partial charge in [-0.3, -0.25) is 14.4 Å². The maximum atomic E-state index is 14.7. The van der Waals surface area contributed by atoms with Gasteiger partial charge in [-0.2, -0.15) is 0 Å². The van der Waals surface area contributed by atoms with E-state index in [1.54, 1.807) is 29.0 Å². The lowest BCUT2D eigenvalue weighted by Gasteiger charge is -2.45. The van der Waals surface area contributed by atoms with E-state index in [1.165, 1.54) is 0 Å². The molecule has 0 radical (unpaired) electrons. The van der Waals surface area contributed by atoms with Crippen LogP contribution in [0.25, 0.3) is 0 Å². The Hall–Kier alpha value is -2.19. The molecule has 1 N–H and O–H groups in total. The predicted octanol–water partition coefficient (Wildman–Crippen LogP) is 3.25. The SMILES string of the molecule is C=CCN(C)C(=O)[C@H]1[C@H]2C(=O)N(CCCO)C(C(=O)N(CC=C)C(C)(C)CC(C)(C)C)C23CC(C)[C@]1(C)O3. The molecule has 0 aromatic carbocycles. The third kappa shape index (κ3) is 4.83. The molecule has 8 heteroatoms. The van der Waals surface area contributed by atoms with Gasteiger partial charge in [-0.1, -0.05) is 39.8 Å². The summed E-state index contributed by atoms with van der Waals surface area (Å²) in [5, 5.41) is 9.63. The molecule has 3 unspecified atom stereocenters. The molecule has 3 aliphatic rings. The summed E-state index contributed by atoms with van der Waals surface area (Å²) in [6, 6.07) is -0.877. The highest BCUT2D eigenvalue weighted by Crippen LogP contribution is 2.65. The van der Waals surface area contributed by atoms with Crippen LogP contribution < -0.4 is 0 Å². The smallest absolute Gasteiger partial charge is 0.249 e. The van der Waals surface area contributed by atoms with E-state index in [-0.39, 0.29) is 42.2 Å². The molecule has 3 rings (SSSR count). The van der Waals surface area contributed by atoms with Gasteiger partial charge >= 0.3 is 0 Å². The lowest BCUT2D eigenvalue weighted by molar-refractivity contribution is -0.157. The van der Waals surface area contributed by atoms with Crippen molar-refractivity contribution >= 4 is 17.7 Å². The number of carbonyl (C=O) groups is 3. The molecule has 0 aromatic heterocycles. The summed E-state index contributed by atoms with van der Waals surface area (Å²) < 4.78 is 6.83. The van der Waals surface area contributed by atoms with E-state index in [4.69, 9.17) is 4.74 Å². The second kappa shape index (κ2) is 10.4. The topological polar surface area (TPSA) is 90.4 Å². The highest BCUT2D eigenvalue weighted by atomic mass is 16.5. The van der Waals surface area contributed by atoms with Gasteiger partial charge in [-0.25, -0.2) is 0 Å². The van der Waals surface area contributed by atoms with Gasteiger partial charge in [-0.15, -0.1) is 13.2 Å².